The molecule has 12 unspecified atom stereocenters. The van der Waals surface area contributed by atoms with Crippen molar-refractivity contribution in [3.8, 4) is 0 Å². The number of carbonyl (C=O) groups excluding carboxylic acids is 1. The minimum Gasteiger partial charge on any atom is -0.394 e. The van der Waals surface area contributed by atoms with Crippen LogP contribution in [0.2, 0.25) is 0 Å². The average molecular weight is 1190 g/mol. The zero-order valence-corrected chi connectivity index (χ0v) is 52.6. The summed E-state index contributed by atoms with van der Waals surface area (Å²) in [5, 5.41) is 86.9. The molecule has 0 aliphatic carbocycles. The largest absolute Gasteiger partial charge is 0.394 e. The van der Waals surface area contributed by atoms with Crippen LogP contribution < -0.4 is 5.32 Å². The molecule has 2 heterocycles. The third kappa shape index (κ3) is 39.1. The molecule has 486 valence electrons. The van der Waals surface area contributed by atoms with E-state index in [9.17, 15) is 45.6 Å². The van der Waals surface area contributed by atoms with Gasteiger partial charge < -0.3 is 65.1 Å². The number of ether oxygens (including phenoxy) is 4. The van der Waals surface area contributed by atoms with Gasteiger partial charge in [-0.3, -0.25) is 4.79 Å². The molecule has 2 fully saturated rings. The number of aliphatic hydroxyl groups is 8. The molecule has 2 rings (SSSR count). The molecule has 12 atom stereocenters. The van der Waals surface area contributed by atoms with Gasteiger partial charge in [0.25, 0.3) is 0 Å². The molecule has 0 saturated carbocycles. The Morgan fingerprint density at radius 2 is 0.788 bits per heavy atom. The maximum Gasteiger partial charge on any atom is 0.220 e. The molecule has 2 saturated heterocycles. The summed E-state index contributed by atoms with van der Waals surface area (Å²) < 4.78 is 22.7. The number of rotatable bonds is 52. The SMILES string of the molecule is CC/C=C\C/C=C\C/C=C\C/C=C\C/C=C\C/C=C\C/C=C\CCCCCCCCCCCCCCCCCCCCCC(=O)NC(COC1OC(CO)C(OC2OC(CO)C(O)C(O)C2O)C(O)C1O)C(O)/C=C/CC/C=C/CC/C=C/CC. The Morgan fingerprint density at radius 1 is 0.424 bits per heavy atom. The van der Waals surface area contributed by atoms with Gasteiger partial charge in [0, 0.05) is 6.42 Å². The van der Waals surface area contributed by atoms with Crippen LogP contribution in [0.5, 0.6) is 0 Å². The number of hydrogen-bond donors (Lipinski definition) is 9. The highest BCUT2D eigenvalue weighted by atomic mass is 16.7. The number of amides is 1. The van der Waals surface area contributed by atoms with Gasteiger partial charge in [-0.2, -0.15) is 0 Å². The van der Waals surface area contributed by atoms with Crippen molar-refractivity contribution in [2.45, 2.75) is 299 Å². The summed E-state index contributed by atoms with van der Waals surface area (Å²) in [6.45, 7) is 2.51. The van der Waals surface area contributed by atoms with E-state index in [0.717, 1.165) is 89.9 Å². The summed E-state index contributed by atoms with van der Waals surface area (Å²) in [6, 6.07) is -0.941. The molecule has 0 aromatic carbocycles. The second-order valence-corrected chi connectivity index (χ2v) is 22.8. The van der Waals surface area contributed by atoms with E-state index in [2.05, 4.69) is 129 Å². The maximum absolute atomic E-state index is 13.2. The van der Waals surface area contributed by atoms with Crippen LogP contribution in [-0.4, -0.2) is 140 Å². The zero-order valence-electron chi connectivity index (χ0n) is 52.6. The molecular weight excluding hydrogens is 1070 g/mol. The molecule has 85 heavy (non-hydrogen) atoms. The van der Waals surface area contributed by atoms with Crippen molar-refractivity contribution in [1.82, 2.24) is 5.32 Å². The first kappa shape index (κ1) is 77.5. The van der Waals surface area contributed by atoms with E-state index in [1.54, 1.807) is 6.08 Å². The standard InChI is InChI=1S/C71H119NO13/c1-3-5-7-9-11-13-15-16-17-18-19-20-21-22-23-24-25-26-27-28-29-30-31-32-33-34-35-36-37-38-39-40-41-42-43-44-45-47-49-51-53-55-63(76)72-59(60(75)54-52-50-48-46-14-12-10-8-6-4-2)58-82-70-68(81)66(79)69(62(57-74)84-70)85-71-67(80)65(78)64(77)61(56-73)83-71/h5-8,11,13-14,16-17,19-20,22-23,25-26,28-29,46,52,54,59-62,64-71,73-75,77-81H,3-4,9-10,12,15,18,21,24,27,30-45,47-51,53,55-58H2,1-2H3,(H,72,76)/b7-5-,8-6+,13-11-,17-16-,20-19-,23-22-,26-25-,29-28-,46-14+,54-52+. The summed E-state index contributed by atoms with van der Waals surface area (Å²) in [5.74, 6) is -0.258. The number of allylic oxidation sites excluding steroid dienone is 19. The lowest BCUT2D eigenvalue weighted by molar-refractivity contribution is -0.359. The number of hydrogen-bond acceptors (Lipinski definition) is 13. The monoisotopic (exact) mass is 1190 g/mol. The first-order chi connectivity index (χ1) is 41.6. The molecule has 2 aliphatic heterocycles. The van der Waals surface area contributed by atoms with E-state index in [4.69, 9.17) is 18.9 Å². The van der Waals surface area contributed by atoms with Gasteiger partial charge in [-0.05, 0) is 96.3 Å². The predicted molar refractivity (Wildman–Crippen MR) is 345 cm³/mol. The second-order valence-electron chi connectivity index (χ2n) is 22.8. The molecule has 0 aromatic rings. The summed E-state index contributed by atoms with van der Waals surface area (Å²) in [4.78, 5) is 13.2. The number of carbonyl (C=O) groups is 1. The molecule has 0 spiro atoms. The van der Waals surface area contributed by atoms with Crippen LogP contribution in [0, 0.1) is 0 Å². The Kier molecular flexibility index (Phi) is 49.7. The fourth-order valence-electron chi connectivity index (χ4n) is 10.1. The second kappa shape index (κ2) is 54.5. The lowest BCUT2D eigenvalue weighted by Gasteiger charge is -2.46. The summed E-state index contributed by atoms with van der Waals surface area (Å²) >= 11 is 0. The highest BCUT2D eigenvalue weighted by Gasteiger charge is 2.51. The van der Waals surface area contributed by atoms with Crippen molar-refractivity contribution in [1.29, 1.82) is 0 Å². The van der Waals surface area contributed by atoms with E-state index in [-0.39, 0.29) is 18.9 Å². The fourth-order valence-corrected chi connectivity index (χ4v) is 10.1. The molecule has 9 N–H and O–H groups in total. The van der Waals surface area contributed by atoms with Gasteiger partial charge in [0.1, 0.15) is 48.8 Å². The lowest BCUT2D eigenvalue weighted by Crippen LogP contribution is -2.65. The lowest BCUT2D eigenvalue weighted by atomic mass is 9.97. The molecule has 1 amide bonds. The van der Waals surface area contributed by atoms with Gasteiger partial charge in [-0.1, -0.05) is 245 Å². The molecule has 0 bridgehead atoms. The number of nitrogens with one attached hydrogen (secondary N) is 1. The quantitative estimate of drug-likeness (QED) is 0.0204. The zero-order chi connectivity index (χ0) is 61.6. The summed E-state index contributed by atoms with van der Waals surface area (Å²) in [5.41, 5.74) is 0. The van der Waals surface area contributed by atoms with Crippen LogP contribution in [-0.2, 0) is 23.7 Å². The van der Waals surface area contributed by atoms with Crippen LogP contribution in [0.15, 0.2) is 122 Å². The smallest absolute Gasteiger partial charge is 0.220 e. The summed E-state index contributed by atoms with van der Waals surface area (Å²) in [7, 11) is 0. The Hall–Kier alpha value is -3.61. The van der Waals surface area contributed by atoms with Gasteiger partial charge in [0.05, 0.1) is 32.0 Å². The van der Waals surface area contributed by atoms with E-state index in [1.165, 1.54) is 103 Å². The third-order valence-corrected chi connectivity index (χ3v) is 15.4. The number of unbranched alkanes of at least 4 members (excludes halogenated alkanes) is 21. The van der Waals surface area contributed by atoms with Gasteiger partial charge in [-0.15, -0.1) is 0 Å². The Labute approximate surface area is 514 Å². The molecule has 0 aromatic heterocycles. The fraction of sp³-hybridized carbons (Fsp3) is 0.704. The minimum absolute atomic E-state index is 0.258. The van der Waals surface area contributed by atoms with E-state index >= 15 is 0 Å². The average Bonchev–Trinajstić information content (AvgIpc) is 2.93. The highest BCUT2D eigenvalue weighted by molar-refractivity contribution is 5.76. The van der Waals surface area contributed by atoms with Crippen molar-refractivity contribution < 1.29 is 64.6 Å². The van der Waals surface area contributed by atoms with Crippen molar-refractivity contribution >= 4 is 5.91 Å². The van der Waals surface area contributed by atoms with Crippen LogP contribution in [0.1, 0.15) is 226 Å². The van der Waals surface area contributed by atoms with Gasteiger partial charge >= 0.3 is 0 Å². The predicted octanol–water partition coefficient (Wildman–Crippen LogP) is 12.9. The molecule has 0 radical (unpaired) electrons. The van der Waals surface area contributed by atoms with E-state index < -0.39 is 86.8 Å². The van der Waals surface area contributed by atoms with E-state index in [0.29, 0.717) is 12.8 Å². The van der Waals surface area contributed by atoms with E-state index in [1.807, 2.05) is 6.08 Å². The molecule has 14 nitrogen and oxygen atoms in total. The normalized spacial score (nSPS) is 24.4. The van der Waals surface area contributed by atoms with Crippen LogP contribution in [0.4, 0.5) is 0 Å². The maximum atomic E-state index is 13.2. The van der Waals surface area contributed by atoms with Crippen molar-refractivity contribution in [2.24, 2.45) is 0 Å². The molecule has 14 heteroatoms. The van der Waals surface area contributed by atoms with Crippen molar-refractivity contribution in [2.75, 3.05) is 19.8 Å². The first-order valence-corrected chi connectivity index (χ1v) is 33.3. The third-order valence-electron chi connectivity index (χ3n) is 15.4. The van der Waals surface area contributed by atoms with Gasteiger partial charge in [0.15, 0.2) is 12.6 Å². The Morgan fingerprint density at radius 3 is 1.25 bits per heavy atom. The van der Waals surface area contributed by atoms with Gasteiger partial charge in [-0.25, -0.2) is 0 Å². The Balaban J connectivity index is 1.54. The number of aliphatic hydroxyl groups excluding tert-OH is 8. The van der Waals surface area contributed by atoms with Gasteiger partial charge in [0.2, 0.25) is 5.91 Å². The van der Waals surface area contributed by atoms with Crippen LogP contribution in [0.3, 0.4) is 0 Å². The topological polar surface area (TPSA) is 228 Å². The first-order valence-electron chi connectivity index (χ1n) is 33.3. The van der Waals surface area contributed by atoms with Crippen LogP contribution in [0.25, 0.3) is 0 Å². The van der Waals surface area contributed by atoms with Crippen molar-refractivity contribution in [3.05, 3.63) is 122 Å². The molecule has 2 aliphatic rings. The highest BCUT2D eigenvalue weighted by Crippen LogP contribution is 2.30. The van der Waals surface area contributed by atoms with Crippen molar-refractivity contribution in [3.63, 3.8) is 0 Å². The minimum atomic E-state index is -1.80. The van der Waals surface area contributed by atoms with Crippen LogP contribution >= 0.6 is 0 Å². The Bertz CT molecular complexity index is 1890. The summed E-state index contributed by atoms with van der Waals surface area (Å²) in [6.07, 6.45) is 63.0. The molecular formula is C71H119NO13.